The van der Waals surface area contributed by atoms with E-state index in [1.807, 2.05) is 0 Å². The van der Waals surface area contributed by atoms with E-state index in [1.165, 1.54) is 0 Å². The van der Waals surface area contributed by atoms with E-state index in [2.05, 4.69) is 11.6 Å². The van der Waals surface area contributed by atoms with Crippen molar-refractivity contribution in [3.63, 3.8) is 0 Å². The van der Waals surface area contributed by atoms with Crippen molar-refractivity contribution in [2.75, 3.05) is 0 Å². The Morgan fingerprint density at radius 1 is 1.11 bits per heavy atom. The molecule has 0 aromatic rings. The second kappa shape index (κ2) is 3.24. The Morgan fingerprint density at radius 2 is 1.44 bits per heavy atom. The van der Waals surface area contributed by atoms with E-state index in [-0.39, 0.29) is 0 Å². The van der Waals surface area contributed by atoms with E-state index in [1.54, 1.807) is 0 Å². The van der Waals surface area contributed by atoms with Gasteiger partial charge in [0.25, 0.3) is 0 Å². The molecule has 0 amide bonds. The van der Waals surface area contributed by atoms with Crippen LogP contribution in [0.3, 0.4) is 0 Å². The van der Waals surface area contributed by atoms with Gasteiger partial charge in [-0.1, -0.05) is 34.8 Å². The molecule has 0 rings (SSSR count). The first-order chi connectivity index (χ1) is 3.85. The highest BCUT2D eigenvalue weighted by atomic mass is 35.5. The highest BCUT2D eigenvalue weighted by Crippen LogP contribution is 2.36. The summed E-state index contributed by atoms with van der Waals surface area (Å²) in [5.41, 5.74) is 0. The van der Waals surface area contributed by atoms with Gasteiger partial charge in [0.05, 0.1) is 0 Å². The van der Waals surface area contributed by atoms with Crippen LogP contribution in [0.1, 0.15) is 0 Å². The summed E-state index contributed by atoms with van der Waals surface area (Å²) < 4.78 is 22.8. The van der Waals surface area contributed by atoms with E-state index in [0.717, 1.165) is 0 Å². The molecular weight excluding hydrogens is 216 g/mol. The molecule has 0 fully saturated rings. The Labute approximate surface area is 70.3 Å². The third-order valence-corrected chi connectivity index (χ3v) is 1.70. The lowest BCUT2D eigenvalue weighted by Crippen LogP contribution is -2.05. The third kappa shape index (κ3) is 3.46. The topological polar surface area (TPSA) is 0 Å². The van der Waals surface area contributed by atoms with Gasteiger partial charge in [-0.3, -0.25) is 0 Å². The van der Waals surface area contributed by atoms with E-state index < -0.39 is 14.9 Å². The van der Waals surface area contributed by atoms with Crippen LogP contribution in [0.25, 0.3) is 0 Å². The van der Waals surface area contributed by atoms with Crippen molar-refractivity contribution in [3.8, 4) is 0 Å². The minimum atomic E-state index is -3.67. The molecule has 0 nitrogen and oxygen atoms in total. The Balaban J connectivity index is 4.40. The quantitative estimate of drug-likeness (QED) is 0.586. The van der Waals surface area contributed by atoms with Crippen LogP contribution in [0.2, 0.25) is 0 Å². The van der Waals surface area contributed by atoms with E-state index in [9.17, 15) is 8.78 Å². The molecule has 0 aromatic carbocycles. The summed E-state index contributed by atoms with van der Waals surface area (Å²) >= 11 is 18.9. The number of allylic oxidation sites excluding steroid dienone is 1. The van der Waals surface area contributed by atoms with Crippen molar-refractivity contribution in [1.82, 2.24) is 0 Å². The minimum Gasteiger partial charge on any atom is -0.182 e. The van der Waals surface area contributed by atoms with Crippen molar-refractivity contribution in [2.45, 2.75) is 5.38 Å². The molecule has 54 valence electrons. The third-order valence-electron chi connectivity index (χ3n) is 0.415. The van der Waals surface area contributed by atoms with Gasteiger partial charge in [-0.05, 0) is 11.6 Å². The molecule has 6 heteroatoms. The zero-order valence-corrected chi connectivity index (χ0v) is 6.79. The maximum atomic E-state index is 11.8. The zero-order valence-electron chi connectivity index (χ0n) is 3.77. The number of hydrogen-bond donors (Lipinski definition) is 0. The number of alkyl halides is 3. The first kappa shape index (κ1) is 9.76. The van der Waals surface area contributed by atoms with Gasteiger partial charge in [-0.25, -0.2) is 0 Å². The van der Waals surface area contributed by atoms with Crippen LogP contribution in [0.4, 0.5) is 8.78 Å². The molecule has 0 saturated heterocycles. The Bertz CT molecular complexity index is 131. The first-order valence-corrected chi connectivity index (χ1v) is 3.15. The second-order valence-corrected chi connectivity index (χ2v) is 2.87. The lowest BCUT2D eigenvalue weighted by Gasteiger charge is -2.03. The van der Waals surface area contributed by atoms with Crippen LogP contribution >= 0.6 is 46.4 Å². The molecule has 0 aliphatic rings. The van der Waals surface area contributed by atoms with Crippen molar-refractivity contribution < 1.29 is 8.78 Å². The van der Waals surface area contributed by atoms with Crippen LogP contribution < -0.4 is 0 Å². The molecule has 9 heavy (non-hydrogen) atoms. The summed E-state index contributed by atoms with van der Waals surface area (Å²) in [5, 5.41) is -4.73. The fraction of sp³-hybridized carbons (Fsp3) is 0.333. The normalized spacial score (nSPS) is 11.3. The summed E-state index contributed by atoms with van der Waals surface area (Å²) in [6.07, 6.45) is 0. The number of rotatable bonds is 1. The molecule has 0 aromatic heterocycles. The molecule has 0 unspecified atom stereocenters. The summed E-state index contributed by atoms with van der Waals surface area (Å²) in [4.78, 5) is 0. The summed E-state index contributed by atoms with van der Waals surface area (Å²) in [6, 6.07) is 0. The fourth-order valence-corrected chi connectivity index (χ4v) is 0.536. The van der Waals surface area contributed by atoms with Gasteiger partial charge in [0, 0.05) is 0 Å². The van der Waals surface area contributed by atoms with Gasteiger partial charge in [-0.2, -0.15) is 8.78 Å². The lowest BCUT2D eigenvalue weighted by atomic mass is 10.7. The van der Waals surface area contributed by atoms with E-state index >= 15 is 0 Å². The van der Waals surface area contributed by atoms with Crippen LogP contribution in [0, 0.1) is 0 Å². The monoisotopic (exact) mass is 214 g/mol. The molecule has 0 aliphatic carbocycles. The van der Waals surface area contributed by atoms with Crippen molar-refractivity contribution >= 4 is 46.4 Å². The van der Waals surface area contributed by atoms with Gasteiger partial charge in [0.2, 0.25) is 0 Å². The Kier molecular flexibility index (Phi) is 3.51. The summed E-state index contributed by atoms with van der Waals surface area (Å²) in [5.74, 6) is 0. The smallest absolute Gasteiger partial charge is 0.182 e. The van der Waals surface area contributed by atoms with Crippen LogP contribution in [-0.4, -0.2) is 5.38 Å². The van der Waals surface area contributed by atoms with Gasteiger partial charge in [0.15, 0.2) is 0 Å². The van der Waals surface area contributed by atoms with Gasteiger partial charge >= 0.3 is 5.38 Å². The Hall–Kier alpha value is 0.760. The zero-order chi connectivity index (χ0) is 7.65. The van der Waals surface area contributed by atoms with Gasteiger partial charge in [-0.15, -0.1) is 0 Å². The SMILES string of the molecule is FC(F)(Cl)C(Cl)=C(Cl)Cl. The molecule has 0 spiro atoms. The molecule has 0 bridgehead atoms. The highest BCUT2D eigenvalue weighted by Gasteiger charge is 2.31. The van der Waals surface area contributed by atoms with Crippen LogP contribution in [-0.2, 0) is 0 Å². The fourth-order valence-electron chi connectivity index (χ4n) is 0.107. The maximum absolute atomic E-state index is 11.8. The van der Waals surface area contributed by atoms with Crippen molar-refractivity contribution in [1.29, 1.82) is 0 Å². The van der Waals surface area contributed by atoms with Crippen LogP contribution in [0.5, 0.6) is 0 Å². The molecule has 0 atom stereocenters. The average molecular weight is 216 g/mol. The average Bonchev–Trinajstić information content (AvgIpc) is 1.62. The van der Waals surface area contributed by atoms with E-state index in [4.69, 9.17) is 34.8 Å². The van der Waals surface area contributed by atoms with Gasteiger partial charge < -0.3 is 0 Å². The second-order valence-electron chi connectivity index (χ2n) is 1.07. The Morgan fingerprint density at radius 3 is 1.44 bits per heavy atom. The van der Waals surface area contributed by atoms with Crippen LogP contribution in [0.15, 0.2) is 9.52 Å². The lowest BCUT2D eigenvalue weighted by molar-refractivity contribution is 0.147. The maximum Gasteiger partial charge on any atom is 0.360 e. The standard InChI is InChI=1S/C3Cl4F2/c4-1(2(5)6)3(7,8)9. The summed E-state index contributed by atoms with van der Waals surface area (Å²) in [6.45, 7) is 0. The van der Waals surface area contributed by atoms with Crippen molar-refractivity contribution in [2.24, 2.45) is 0 Å². The largest absolute Gasteiger partial charge is 0.360 e. The molecular formula is C3Cl4F2. The molecule has 0 radical (unpaired) electrons. The molecule has 0 heterocycles. The predicted octanol–water partition coefficient (Wildman–Crippen LogP) is 3.70. The first-order valence-electron chi connectivity index (χ1n) is 1.63. The van der Waals surface area contributed by atoms with E-state index in [0.29, 0.717) is 0 Å². The summed E-state index contributed by atoms with van der Waals surface area (Å²) in [7, 11) is 0. The molecule has 0 aliphatic heterocycles. The predicted molar refractivity (Wildman–Crippen MR) is 35.4 cm³/mol. The molecule has 0 N–H and O–H groups in total. The molecule has 0 saturated carbocycles. The number of halogens is 6. The number of hydrogen-bond acceptors (Lipinski definition) is 0. The van der Waals surface area contributed by atoms with Crippen molar-refractivity contribution in [3.05, 3.63) is 9.52 Å². The minimum absolute atomic E-state index is 0.725. The van der Waals surface area contributed by atoms with Gasteiger partial charge in [0.1, 0.15) is 9.52 Å². The highest BCUT2D eigenvalue weighted by molar-refractivity contribution is 6.60.